The van der Waals surface area contributed by atoms with Gasteiger partial charge in [0.1, 0.15) is 5.82 Å². The average Bonchev–Trinajstić information content (AvgIpc) is 3.26. The molecule has 3 aromatic rings. The molecule has 1 aliphatic rings. The first-order chi connectivity index (χ1) is 12.6. The molecule has 0 saturated carbocycles. The van der Waals surface area contributed by atoms with Crippen molar-refractivity contribution in [1.29, 1.82) is 0 Å². The summed E-state index contributed by atoms with van der Waals surface area (Å²) in [6, 6.07) is 14.1. The molecular weight excluding hydrogens is 357 g/mol. The molecule has 0 bridgehead atoms. The monoisotopic (exact) mass is 371 g/mol. The molecule has 1 aliphatic heterocycles. The van der Waals surface area contributed by atoms with Crippen molar-refractivity contribution in [3.63, 3.8) is 0 Å². The Morgan fingerprint density at radius 1 is 1.23 bits per heavy atom. The number of hydrogen-bond acceptors (Lipinski definition) is 4. The predicted molar refractivity (Wildman–Crippen MR) is 93.9 cm³/mol. The lowest BCUT2D eigenvalue weighted by Gasteiger charge is -2.15. The standard InChI is InChI=1S/C19H15ClFN3O2/c20-15-8-13(6-7-16(15)21)18-22-19(26-23-18)14-9-17(25)24(11-14)10-12-4-2-1-3-5-12/h1-8,14H,9-11H2. The third kappa shape index (κ3) is 3.32. The number of carbonyl (C=O) groups is 1. The SMILES string of the molecule is O=C1CC(c2nc(-c3ccc(F)c(Cl)c3)no2)CN1Cc1ccccc1. The Hall–Kier alpha value is -2.73. The van der Waals surface area contributed by atoms with Crippen molar-refractivity contribution < 1.29 is 13.7 Å². The van der Waals surface area contributed by atoms with Crippen LogP contribution in [0.5, 0.6) is 0 Å². The van der Waals surface area contributed by atoms with Crippen LogP contribution in [0.3, 0.4) is 0 Å². The Labute approximate surface area is 154 Å². The van der Waals surface area contributed by atoms with Gasteiger partial charge in [-0.1, -0.05) is 47.1 Å². The summed E-state index contributed by atoms with van der Waals surface area (Å²) in [5, 5.41) is 3.94. The molecule has 1 saturated heterocycles. The zero-order valence-corrected chi connectivity index (χ0v) is 14.5. The van der Waals surface area contributed by atoms with Gasteiger partial charge in [-0.05, 0) is 23.8 Å². The lowest BCUT2D eigenvalue weighted by molar-refractivity contribution is -0.128. The summed E-state index contributed by atoms with van der Waals surface area (Å²) in [4.78, 5) is 18.5. The minimum absolute atomic E-state index is 0.000990. The van der Waals surface area contributed by atoms with Crippen LogP contribution in [0.1, 0.15) is 23.8 Å². The molecule has 1 atom stereocenters. The van der Waals surface area contributed by atoms with Crippen LogP contribution in [0.25, 0.3) is 11.4 Å². The first-order valence-corrected chi connectivity index (χ1v) is 8.58. The second-order valence-corrected chi connectivity index (χ2v) is 6.65. The van der Waals surface area contributed by atoms with Crippen molar-refractivity contribution in [3.8, 4) is 11.4 Å². The van der Waals surface area contributed by atoms with Crippen LogP contribution in [0, 0.1) is 5.82 Å². The van der Waals surface area contributed by atoms with Crippen LogP contribution in [0.2, 0.25) is 5.02 Å². The van der Waals surface area contributed by atoms with E-state index in [-0.39, 0.29) is 16.8 Å². The zero-order chi connectivity index (χ0) is 18.1. The fourth-order valence-corrected chi connectivity index (χ4v) is 3.23. The van der Waals surface area contributed by atoms with E-state index in [1.165, 1.54) is 18.2 Å². The average molecular weight is 372 g/mol. The van der Waals surface area contributed by atoms with Crippen molar-refractivity contribution >= 4 is 17.5 Å². The van der Waals surface area contributed by atoms with E-state index in [0.29, 0.717) is 36.8 Å². The molecule has 7 heteroatoms. The number of hydrogen-bond donors (Lipinski definition) is 0. The first kappa shape index (κ1) is 16.7. The molecule has 0 spiro atoms. The number of carbonyl (C=O) groups excluding carboxylic acids is 1. The van der Waals surface area contributed by atoms with Gasteiger partial charge < -0.3 is 9.42 Å². The highest BCUT2D eigenvalue weighted by molar-refractivity contribution is 6.31. The van der Waals surface area contributed by atoms with Crippen LogP contribution in [-0.4, -0.2) is 27.5 Å². The minimum atomic E-state index is -0.503. The van der Waals surface area contributed by atoms with Crippen LogP contribution >= 0.6 is 11.6 Å². The van der Waals surface area contributed by atoms with E-state index in [0.717, 1.165) is 5.56 Å². The summed E-state index contributed by atoms with van der Waals surface area (Å²) in [6.45, 7) is 1.09. The van der Waals surface area contributed by atoms with E-state index < -0.39 is 5.82 Å². The van der Waals surface area contributed by atoms with Gasteiger partial charge in [0, 0.05) is 25.1 Å². The van der Waals surface area contributed by atoms with Gasteiger partial charge in [-0.25, -0.2) is 4.39 Å². The topological polar surface area (TPSA) is 59.2 Å². The molecule has 0 aliphatic carbocycles. The number of nitrogens with zero attached hydrogens (tertiary/aromatic N) is 3. The molecule has 5 nitrogen and oxygen atoms in total. The molecule has 26 heavy (non-hydrogen) atoms. The van der Waals surface area contributed by atoms with Crippen molar-refractivity contribution in [3.05, 3.63) is 70.8 Å². The highest BCUT2D eigenvalue weighted by Gasteiger charge is 2.34. The molecule has 2 heterocycles. The smallest absolute Gasteiger partial charge is 0.232 e. The molecule has 132 valence electrons. The van der Waals surface area contributed by atoms with Crippen LogP contribution in [0.15, 0.2) is 53.1 Å². The molecule has 0 radical (unpaired) electrons. The van der Waals surface area contributed by atoms with Gasteiger partial charge in [0.15, 0.2) is 0 Å². The van der Waals surface area contributed by atoms with Crippen LogP contribution < -0.4 is 0 Å². The lowest BCUT2D eigenvalue weighted by Crippen LogP contribution is -2.24. The molecular formula is C19H15ClFN3O2. The fraction of sp³-hybridized carbons (Fsp3) is 0.211. The Morgan fingerprint density at radius 3 is 2.81 bits per heavy atom. The maximum absolute atomic E-state index is 13.3. The zero-order valence-electron chi connectivity index (χ0n) is 13.7. The second kappa shape index (κ2) is 6.88. The summed E-state index contributed by atoms with van der Waals surface area (Å²) < 4.78 is 18.6. The van der Waals surface area contributed by atoms with Crippen molar-refractivity contribution in [2.45, 2.75) is 18.9 Å². The van der Waals surface area contributed by atoms with E-state index in [1.807, 2.05) is 30.3 Å². The largest absolute Gasteiger partial charge is 0.339 e. The van der Waals surface area contributed by atoms with E-state index in [2.05, 4.69) is 10.1 Å². The van der Waals surface area contributed by atoms with Gasteiger partial charge in [-0.2, -0.15) is 4.98 Å². The number of benzene rings is 2. The van der Waals surface area contributed by atoms with Gasteiger partial charge in [0.2, 0.25) is 17.6 Å². The van der Waals surface area contributed by atoms with Crippen LogP contribution in [-0.2, 0) is 11.3 Å². The molecule has 1 amide bonds. The molecule has 1 fully saturated rings. The quantitative estimate of drug-likeness (QED) is 0.694. The summed E-state index contributed by atoms with van der Waals surface area (Å²) in [5.41, 5.74) is 1.64. The van der Waals surface area contributed by atoms with E-state index in [9.17, 15) is 9.18 Å². The summed E-state index contributed by atoms with van der Waals surface area (Å²) in [7, 11) is 0. The van der Waals surface area contributed by atoms with Gasteiger partial charge in [0.05, 0.1) is 10.9 Å². The molecule has 2 aromatic carbocycles. The summed E-state index contributed by atoms with van der Waals surface area (Å²) in [5.74, 6) is 0.143. The fourth-order valence-electron chi connectivity index (χ4n) is 3.05. The highest BCUT2D eigenvalue weighted by Crippen LogP contribution is 2.30. The first-order valence-electron chi connectivity index (χ1n) is 8.21. The predicted octanol–water partition coefficient (Wildman–Crippen LogP) is 4.05. The van der Waals surface area contributed by atoms with E-state index in [1.54, 1.807) is 4.90 Å². The normalized spacial score (nSPS) is 17.1. The molecule has 0 N–H and O–H groups in total. The molecule has 1 aromatic heterocycles. The Kier molecular flexibility index (Phi) is 4.42. The molecule has 1 unspecified atom stereocenters. The van der Waals surface area contributed by atoms with E-state index >= 15 is 0 Å². The third-order valence-electron chi connectivity index (χ3n) is 4.40. The Morgan fingerprint density at radius 2 is 2.04 bits per heavy atom. The van der Waals surface area contributed by atoms with Gasteiger partial charge >= 0.3 is 0 Å². The maximum Gasteiger partial charge on any atom is 0.232 e. The summed E-state index contributed by atoms with van der Waals surface area (Å²) in [6.07, 6.45) is 0.332. The number of aromatic nitrogens is 2. The lowest BCUT2D eigenvalue weighted by atomic mass is 10.1. The summed E-state index contributed by atoms with van der Waals surface area (Å²) >= 11 is 5.80. The minimum Gasteiger partial charge on any atom is -0.339 e. The number of amides is 1. The highest BCUT2D eigenvalue weighted by atomic mass is 35.5. The third-order valence-corrected chi connectivity index (χ3v) is 4.69. The van der Waals surface area contributed by atoms with E-state index in [4.69, 9.17) is 16.1 Å². The maximum atomic E-state index is 13.3. The Bertz CT molecular complexity index is 945. The van der Waals surface area contributed by atoms with Crippen molar-refractivity contribution in [1.82, 2.24) is 15.0 Å². The number of likely N-dealkylation sites (tertiary alicyclic amines) is 1. The van der Waals surface area contributed by atoms with Crippen molar-refractivity contribution in [2.75, 3.05) is 6.54 Å². The van der Waals surface area contributed by atoms with Gasteiger partial charge in [-0.3, -0.25) is 4.79 Å². The van der Waals surface area contributed by atoms with Crippen molar-refractivity contribution in [2.24, 2.45) is 0 Å². The molecule has 4 rings (SSSR count). The second-order valence-electron chi connectivity index (χ2n) is 6.25. The number of halogens is 2. The Balaban J connectivity index is 1.49. The van der Waals surface area contributed by atoms with Gasteiger partial charge in [-0.15, -0.1) is 0 Å². The van der Waals surface area contributed by atoms with Crippen LogP contribution in [0.4, 0.5) is 4.39 Å². The number of rotatable bonds is 4. The van der Waals surface area contributed by atoms with Gasteiger partial charge in [0.25, 0.3) is 0 Å².